The minimum absolute atomic E-state index is 0.202. The van der Waals surface area contributed by atoms with Crippen LogP contribution in [0.5, 0.6) is 0 Å². The Hall–Kier alpha value is -3.95. The molecule has 0 atom stereocenters. The van der Waals surface area contributed by atoms with E-state index in [1.807, 2.05) is 24.3 Å². The number of amides is 2. The minimum Gasteiger partial charge on any atom is -0.423 e. The Morgan fingerprint density at radius 3 is 1.56 bits per heavy atom. The molecule has 0 saturated heterocycles. The standard InChI is InChI=1S/C26H20B2N2O6/c31-25(29-19-7-5-17-13-35-27(33)23(17)11-19)21-9-15-3-1-2-4-16(15)10-22(21)26(32)30-20-8-6-18-14-36-28(34)24(18)12-20/h1-12,33-34H,13-14H2,(H,29,31)(H,30,32). The maximum Gasteiger partial charge on any atom is 0.491 e. The van der Waals surface area contributed by atoms with Crippen LogP contribution in [-0.4, -0.2) is 36.1 Å². The van der Waals surface area contributed by atoms with Crippen molar-refractivity contribution in [3.8, 4) is 0 Å². The summed E-state index contributed by atoms with van der Waals surface area (Å²) in [5, 5.41) is 27.3. The van der Waals surface area contributed by atoms with Gasteiger partial charge >= 0.3 is 14.2 Å². The van der Waals surface area contributed by atoms with Crippen LogP contribution in [0.25, 0.3) is 10.8 Å². The molecule has 0 radical (unpaired) electrons. The maximum atomic E-state index is 13.4. The van der Waals surface area contributed by atoms with E-state index in [4.69, 9.17) is 9.31 Å². The highest BCUT2D eigenvalue weighted by Gasteiger charge is 2.29. The van der Waals surface area contributed by atoms with Crippen LogP contribution in [0.3, 0.4) is 0 Å². The lowest BCUT2D eigenvalue weighted by Gasteiger charge is -2.14. The second-order valence-corrected chi connectivity index (χ2v) is 8.81. The molecule has 176 valence electrons. The molecular formula is C26H20B2N2O6. The van der Waals surface area contributed by atoms with Gasteiger partial charge in [0, 0.05) is 11.4 Å². The largest absolute Gasteiger partial charge is 0.491 e. The van der Waals surface area contributed by atoms with Crippen molar-refractivity contribution < 1.29 is 28.9 Å². The number of benzene rings is 4. The van der Waals surface area contributed by atoms with E-state index in [0.29, 0.717) is 35.5 Å². The summed E-state index contributed by atoms with van der Waals surface area (Å²) < 4.78 is 10.4. The third kappa shape index (κ3) is 4.06. The topological polar surface area (TPSA) is 117 Å². The highest BCUT2D eigenvalue weighted by atomic mass is 16.5. The van der Waals surface area contributed by atoms with E-state index >= 15 is 0 Å². The van der Waals surface area contributed by atoms with Gasteiger partial charge in [-0.2, -0.15) is 0 Å². The van der Waals surface area contributed by atoms with Gasteiger partial charge in [0.15, 0.2) is 0 Å². The summed E-state index contributed by atoms with van der Waals surface area (Å²) >= 11 is 0. The fourth-order valence-corrected chi connectivity index (χ4v) is 4.60. The van der Waals surface area contributed by atoms with Crippen molar-refractivity contribution >= 4 is 59.1 Å². The lowest BCUT2D eigenvalue weighted by atomic mass is 9.79. The molecule has 4 aromatic carbocycles. The van der Waals surface area contributed by atoms with E-state index in [1.54, 1.807) is 48.5 Å². The average Bonchev–Trinajstić information content (AvgIpc) is 3.45. The molecule has 2 amide bonds. The summed E-state index contributed by atoms with van der Waals surface area (Å²) in [6.45, 7) is 0.622. The molecule has 0 spiro atoms. The van der Waals surface area contributed by atoms with E-state index in [9.17, 15) is 19.6 Å². The van der Waals surface area contributed by atoms with E-state index in [1.165, 1.54) is 0 Å². The number of hydrogen-bond acceptors (Lipinski definition) is 6. The van der Waals surface area contributed by atoms with E-state index in [-0.39, 0.29) is 11.1 Å². The Labute approximate surface area is 207 Å². The van der Waals surface area contributed by atoms with Crippen LogP contribution in [0.1, 0.15) is 31.8 Å². The van der Waals surface area contributed by atoms with Crippen LogP contribution in [0.4, 0.5) is 11.4 Å². The van der Waals surface area contributed by atoms with E-state index in [0.717, 1.165) is 21.9 Å². The lowest BCUT2D eigenvalue weighted by Crippen LogP contribution is -2.29. The molecule has 2 aliphatic rings. The molecule has 0 bridgehead atoms. The molecule has 10 heteroatoms. The van der Waals surface area contributed by atoms with Gasteiger partial charge in [-0.3, -0.25) is 9.59 Å². The fourth-order valence-electron chi connectivity index (χ4n) is 4.60. The smallest absolute Gasteiger partial charge is 0.423 e. The number of anilines is 2. The van der Waals surface area contributed by atoms with Crippen molar-refractivity contribution in [1.29, 1.82) is 0 Å². The first-order valence-corrected chi connectivity index (χ1v) is 11.5. The predicted molar refractivity (Wildman–Crippen MR) is 138 cm³/mol. The van der Waals surface area contributed by atoms with Gasteiger partial charge in [0.05, 0.1) is 24.3 Å². The fraction of sp³-hybridized carbons (Fsp3) is 0.0769. The highest BCUT2D eigenvalue weighted by molar-refractivity contribution is 6.62. The summed E-state index contributed by atoms with van der Waals surface area (Å²) in [5.41, 5.74) is 4.29. The van der Waals surface area contributed by atoms with Crippen molar-refractivity contribution in [3.63, 3.8) is 0 Å². The summed E-state index contributed by atoms with van der Waals surface area (Å²) in [4.78, 5) is 26.8. The van der Waals surface area contributed by atoms with Gasteiger partial charge in [0.25, 0.3) is 11.8 Å². The zero-order chi connectivity index (χ0) is 24.8. The van der Waals surface area contributed by atoms with E-state index < -0.39 is 26.1 Å². The highest BCUT2D eigenvalue weighted by Crippen LogP contribution is 2.24. The van der Waals surface area contributed by atoms with Gasteiger partial charge in [-0.05, 0) is 69.2 Å². The predicted octanol–water partition coefficient (Wildman–Crippen LogP) is 1.78. The van der Waals surface area contributed by atoms with Gasteiger partial charge in [0.2, 0.25) is 0 Å². The molecule has 0 saturated carbocycles. The first-order chi connectivity index (χ1) is 17.5. The zero-order valence-electron chi connectivity index (χ0n) is 19.0. The van der Waals surface area contributed by atoms with Crippen LogP contribution < -0.4 is 21.6 Å². The monoisotopic (exact) mass is 478 g/mol. The van der Waals surface area contributed by atoms with Crippen molar-refractivity contribution in [1.82, 2.24) is 0 Å². The van der Waals surface area contributed by atoms with Crippen LogP contribution in [0.15, 0.2) is 72.8 Å². The third-order valence-electron chi connectivity index (χ3n) is 6.51. The van der Waals surface area contributed by atoms with Gasteiger partial charge in [-0.25, -0.2) is 0 Å². The molecule has 4 N–H and O–H groups in total. The Morgan fingerprint density at radius 2 is 1.11 bits per heavy atom. The van der Waals surface area contributed by atoms with Crippen LogP contribution in [0, 0.1) is 0 Å². The van der Waals surface area contributed by atoms with Crippen molar-refractivity contribution in [2.45, 2.75) is 13.2 Å². The van der Waals surface area contributed by atoms with Gasteiger partial charge in [-0.15, -0.1) is 0 Å². The maximum absolute atomic E-state index is 13.4. The molecule has 0 unspecified atom stereocenters. The summed E-state index contributed by atoms with van der Waals surface area (Å²) in [5.74, 6) is -0.922. The summed E-state index contributed by atoms with van der Waals surface area (Å²) in [6.07, 6.45) is 0. The Morgan fingerprint density at radius 1 is 0.667 bits per heavy atom. The molecular weight excluding hydrogens is 458 g/mol. The quantitative estimate of drug-likeness (QED) is 0.333. The molecule has 2 heterocycles. The number of hydrogen-bond donors (Lipinski definition) is 4. The Bertz CT molecular complexity index is 1430. The summed E-state index contributed by atoms with van der Waals surface area (Å²) in [6, 6.07) is 21.2. The molecule has 6 rings (SSSR count). The Balaban J connectivity index is 1.33. The minimum atomic E-state index is -1.03. The number of rotatable bonds is 4. The van der Waals surface area contributed by atoms with Crippen LogP contribution in [-0.2, 0) is 22.5 Å². The SMILES string of the molecule is O=C(Nc1ccc2c(c1)B(O)OC2)c1cc2ccccc2cc1C(=O)Nc1ccc2c(c1)B(O)OC2. The molecule has 0 fully saturated rings. The first-order valence-electron chi connectivity index (χ1n) is 11.5. The van der Waals surface area contributed by atoms with Crippen molar-refractivity contribution in [2.24, 2.45) is 0 Å². The molecule has 8 nitrogen and oxygen atoms in total. The second-order valence-electron chi connectivity index (χ2n) is 8.81. The van der Waals surface area contributed by atoms with Gasteiger partial charge in [0.1, 0.15) is 0 Å². The average molecular weight is 478 g/mol. The third-order valence-corrected chi connectivity index (χ3v) is 6.51. The van der Waals surface area contributed by atoms with Crippen molar-refractivity contribution in [2.75, 3.05) is 10.6 Å². The molecule has 36 heavy (non-hydrogen) atoms. The number of carbonyl (C=O) groups excluding carboxylic acids is 2. The van der Waals surface area contributed by atoms with E-state index in [2.05, 4.69) is 10.6 Å². The van der Waals surface area contributed by atoms with Crippen LogP contribution >= 0.6 is 0 Å². The first kappa shape index (κ1) is 22.5. The molecule has 0 aromatic heterocycles. The number of nitrogens with one attached hydrogen (secondary N) is 2. The van der Waals surface area contributed by atoms with Crippen molar-refractivity contribution in [3.05, 3.63) is 95.1 Å². The Kier molecular flexibility index (Phi) is 5.58. The second kappa shape index (κ2) is 8.92. The van der Waals surface area contributed by atoms with Crippen LogP contribution in [0.2, 0.25) is 0 Å². The normalized spacial score (nSPS) is 14.1. The number of carbonyl (C=O) groups is 2. The summed E-state index contributed by atoms with van der Waals surface area (Å²) in [7, 11) is -2.06. The molecule has 2 aliphatic heterocycles. The lowest BCUT2D eigenvalue weighted by molar-refractivity contribution is 0.0991. The molecule has 0 aliphatic carbocycles. The van der Waals surface area contributed by atoms with Gasteiger partial charge < -0.3 is 30.0 Å². The van der Waals surface area contributed by atoms with Gasteiger partial charge in [-0.1, -0.05) is 36.4 Å². The molecule has 4 aromatic rings. The zero-order valence-corrected chi connectivity index (χ0v) is 19.0. The number of fused-ring (bicyclic) bond motifs is 3.